The number of nitrogens with one attached hydrogen (secondary N) is 2. The molecular formula is C12H11FN2O4. The smallest absolute Gasteiger partial charge is 0.322 e. The molecule has 7 heteroatoms. The predicted octanol–water partition coefficient (Wildman–Crippen LogP) is 0.00380. The summed E-state index contributed by atoms with van der Waals surface area (Å²) in [6.45, 7) is -0.304. The van der Waals surface area contributed by atoms with E-state index in [1.165, 1.54) is 12.1 Å². The molecule has 0 aliphatic carbocycles. The van der Waals surface area contributed by atoms with Gasteiger partial charge in [0.15, 0.2) is 5.54 Å². The van der Waals surface area contributed by atoms with E-state index in [9.17, 15) is 19.1 Å². The number of halogens is 1. The number of hydrogen-bond acceptors (Lipinski definition) is 4. The van der Waals surface area contributed by atoms with Crippen molar-refractivity contribution < 1.29 is 23.8 Å². The second-order valence-corrected chi connectivity index (χ2v) is 4.58. The summed E-state index contributed by atoms with van der Waals surface area (Å²) in [6, 6.07) is 3.10. The Hall–Kier alpha value is -2.15. The molecule has 100 valence electrons. The van der Waals surface area contributed by atoms with E-state index in [2.05, 4.69) is 10.6 Å². The Morgan fingerprint density at radius 1 is 1.47 bits per heavy atom. The van der Waals surface area contributed by atoms with Crippen LogP contribution in [0.5, 0.6) is 5.75 Å². The van der Waals surface area contributed by atoms with Crippen molar-refractivity contribution in [2.45, 2.75) is 18.1 Å². The third-order valence-corrected chi connectivity index (χ3v) is 3.37. The van der Waals surface area contributed by atoms with Crippen LogP contribution in [0, 0.1) is 5.82 Å². The maximum absolute atomic E-state index is 13.4. The van der Waals surface area contributed by atoms with E-state index < -0.39 is 29.4 Å². The van der Waals surface area contributed by atoms with Crippen LogP contribution in [0.2, 0.25) is 0 Å². The summed E-state index contributed by atoms with van der Waals surface area (Å²) in [4.78, 5) is 23.4. The van der Waals surface area contributed by atoms with E-state index in [-0.39, 0.29) is 24.3 Å². The molecule has 3 N–H and O–H groups in total. The quantitative estimate of drug-likeness (QED) is 0.624. The summed E-state index contributed by atoms with van der Waals surface area (Å²) in [5.74, 6) is -0.812. The SMILES string of the molecule is O=C1NC(=O)C2(C[C@@H](CO)Oc3ccc(F)cc32)N1. The van der Waals surface area contributed by atoms with Crippen molar-refractivity contribution in [3.8, 4) is 5.75 Å². The number of hydrogen-bond donors (Lipinski definition) is 3. The highest BCUT2D eigenvalue weighted by molar-refractivity contribution is 6.07. The van der Waals surface area contributed by atoms with Crippen LogP contribution in [-0.2, 0) is 10.3 Å². The highest BCUT2D eigenvalue weighted by Crippen LogP contribution is 2.41. The Morgan fingerprint density at radius 2 is 2.26 bits per heavy atom. The molecule has 2 heterocycles. The van der Waals surface area contributed by atoms with Crippen molar-refractivity contribution in [1.82, 2.24) is 10.6 Å². The number of carbonyl (C=O) groups is 2. The third kappa shape index (κ3) is 1.66. The third-order valence-electron chi connectivity index (χ3n) is 3.37. The molecule has 1 fully saturated rings. The van der Waals surface area contributed by atoms with Gasteiger partial charge in [0, 0.05) is 12.0 Å². The van der Waals surface area contributed by atoms with Gasteiger partial charge < -0.3 is 15.2 Å². The zero-order valence-electron chi connectivity index (χ0n) is 9.77. The Bertz CT molecular complexity index is 577. The summed E-state index contributed by atoms with van der Waals surface area (Å²) in [7, 11) is 0. The number of imide groups is 1. The predicted molar refractivity (Wildman–Crippen MR) is 60.9 cm³/mol. The van der Waals surface area contributed by atoms with Gasteiger partial charge in [-0.2, -0.15) is 0 Å². The topological polar surface area (TPSA) is 87.7 Å². The lowest BCUT2D eigenvalue weighted by Crippen LogP contribution is -2.51. The van der Waals surface area contributed by atoms with Gasteiger partial charge >= 0.3 is 6.03 Å². The molecule has 0 aromatic heterocycles. The van der Waals surface area contributed by atoms with Gasteiger partial charge in [0.25, 0.3) is 5.91 Å². The Morgan fingerprint density at radius 3 is 2.89 bits per heavy atom. The van der Waals surface area contributed by atoms with E-state index in [4.69, 9.17) is 4.74 Å². The fourth-order valence-corrected chi connectivity index (χ4v) is 2.54. The standard InChI is InChI=1S/C12H11FN2O4/c13-6-1-2-9-8(3-6)12(4-7(5-16)19-9)10(17)14-11(18)15-12/h1-3,7,16H,4-5H2,(H2,14,15,17,18)/t7-,12?/m0/s1. The van der Waals surface area contributed by atoms with Gasteiger partial charge in [-0.1, -0.05) is 0 Å². The summed E-state index contributed by atoms with van der Waals surface area (Å²) in [5.41, 5.74) is -1.11. The Balaban J connectivity index is 2.17. The molecule has 1 saturated heterocycles. The fraction of sp³-hybridized carbons (Fsp3) is 0.333. The summed E-state index contributed by atoms with van der Waals surface area (Å²) < 4.78 is 18.8. The molecule has 2 atom stereocenters. The largest absolute Gasteiger partial charge is 0.488 e. The van der Waals surface area contributed by atoms with Crippen LogP contribution in [0.3, 0.4) is 0 Å². The van der Waals surface area contributed by atoms with Crippen molar-refractivity contribution in [2.24, 2.45) is 0 Å². The molecule has 0 radical (unpaired) electrons. The first-order chi connectivity index (χ1) is 9.05. The Kier molecular flexibility index (Phi) is 2.46. The van der Waals surface area contributed by atoms with Crippen LogP contribution >= 0.6 is 0 Å². The lowest BCUT2D eigenvalue weighted by Gasteiger charge is -2.36. The van der Waals surface area contributed by atoms with E-state index in [0.717, 1.165) is 6.07 Å². The maximum atomic E-state index is 13.4. The average Bonchev–Trinajstić information content (AvgIpc) is 2.65. The van der Waals surface area contributed by atoms with Gasteiger partial charge in [-0.15, -0.1) is 0 Å². The summed E-state index contributed by atoms with van der Waals surface area (Å²) in [5, 5.41) is 13.9. The molecule has 1 aromatic rings. The first-order valence-electron chi connectivity index (χ1n) is 5.76. The fourth-order valence-electron chi connectivity index (χ4n) is 2.54. The molecular weight excluding hydrogens is 255 g/mol. The van der Waals surface area contributed by atoms with Crippen molar-refractivity contribution in [2.75, 3.05) is 6.61 Å². The lowest BCUT2D eigenvalue weighted by atomic mass is 9.82. The number of rotatable bonds is 1. The zero-order chi connectivity index (χ0) is 13.6. The van der Waals surface area contributed by atoms with Crippen molar-refractivity contribution in [3.05, 3.63) is 29.6 Å². The van der Waals surface area contributed by atoms with Gasteiger partial charge in [-0.3, -0.25) is 10.1 Å². The van der Waals surface area contributed by atoms with Gasteiger partial charge in [0.1, 0.15) is 17.7 Å². The van der Waals surface area contributed by atoms with Gasteiger partial charge in [-0.05, 0) is 18.2 Å². The number of ether oxygens (including phenoxy) is 1. The van der Waals surface area contributed by atoms with Gasteiger partial charge in [0.05, 0.1) is 6.61 Å². The van der Waals surface area contributed by atoms with Crippen LogP contribution in [0.4, 0.5) is 9.18 Å². The molecule has 0 saturated carbocycles. The second-order valence-electron chi connectivity index (χ2n) is 4.58. The summed E-state index contributed by atoms with van der Waals surface area (Å²) >= 11 is 0. The van der Waals surface area contributed by atoms with Crippen molar-refractivity contribution >= 4 is 11.9 Å². The highest BCUT2D eigenvalue weighted by Gasteiger charge is 2.53. The number of aliphatic hydroxyl groups is 1. The molecule has 1 spiro atoms. The maximum Gasteiger partial charge on any atom is 0.322 e. The number of aliphatic hydroxyl groups excluding tert-OH is 1. The number of amides is 3. The van der Waals surface area contributed by atoms with E-state index in [1.54, 1.807) is 0 Å². The van der Waals surface area contributed by atoms with Crippen LogP contribution in [0.15, 0.2) is 18.2 Å². The van der Waals surface area contributed by atoms with Crippen LogP contribution < -0.4 is 15.4 Å². The Labute approximate surface area is 107 Å². The minimum Gasteiger partial charge on any atom is -0.488 e. The zero-order valence-corrected chi connectivity index (χ0v) is 9.77. The van der Waals surface area contributed by atoms with Gasteiger partial charge in [-0.25, -0.2) is 9.18 Å². The number of benzene rings is 1. The first kappa shape index (κ1) is 11.9. The molecule has 1 aromatic carbocycles. The van der Waals surface area contributed by atoms with Crippen LogP contribution in [0.25, 0.3) is 0 Å². The van der Waals surface area contributed by atoms with E-state index >= 15 is 0 Å². The van der Waals surface area contributed by atoms with Crippen LogP contribution in [0.1, 0.15) is 12.0 Å². The molecule has 3 amide bonds. The average molecular weight is 266 g/mol. The molecule has 1 unspecified atom stereocenters. The molecule has 6 nitrogen and oxygen atoms in total. The first-order valence-corrected chi connectivity index (χ1v) is 5.76. The number of urea groups is 1. The highest BCUT2D eigenvalue weighted by atomic mass is 19.1. The molecule has 3 rings (SSSR count). The van der Waals surface area contributed by atoms with E-state index in [1.807, 2.05) is 0 Å². The number of fused-ring (bicyclic) bond motifs is 2. The molecule has 0 bridgehead atoms. The van der Waals surface area contributed by atoms with Gasteiger partial charge in [0.2, 0.25) is 0 Å². The normalized spacial score (nSPS) is 28.6. The van der Waals surface area contributed by atoms with Crippen molar-refractivity contribution in [3.63, 3.8) is 0 Å². The number of carbonyl (C=O) groups excluding carboxylic acids is 2. The lowest BCUT2D eigenvalue weighted by molar-refractivity contribution is -0.126. The summed E-state index contributed by atoms with van der Waals surface area (Å²) in [6.07, 6.45) is -0.584. The molecule has 19 heavy (non-hydrogen) atoms. The monoisotopic (exact) mass is 266 g/mol. The molecule has 2 aliphatic heterocycles. The molecule has 2 aliphatic rings. The van der Waals surface area contributed by atoms with Crippen LogP contribution in [-0.4, -0.2) is 29.8 Å². The van der Waals surface area contributed by atoms with E-state index in [0.29, 0.717) is 0 Å². The minimum atomic E-state index is -1.37. The minimum absolute atomic E-state index is 0.0531. The second kappa shape index (κ2) is 3.92. The van der Waals surface area contributed by atoms with Crippen molar-refractivity contribution in [1.29, 1.82) is 0 Å².